The highest BCUT2D eigenvalue weighted by Gasteiger charge is 2.24. The van der Waals surface area contributed by atoms with Crippen molar-refractivity contribution in [1.82, 2.24) is 0 Å². The molecule has 0 radical (unpaired) electrons. The first-order chi connectivity index (χ1) is 6.81. The number of phenols is 1. The summed E-state index contributed by atoms with van der Waals surface area (Å²) >= 11 is 0. The van der Waals surface area contributed by atoms with Crippen LogP contribution in [0.3, 0.4) is 0 Å². The van der Waals surface area contributed by atoms with Crippen LogP contribution in [0.5, 0.6) is 5.75 Å². The Hall–Kier alpha value is -1.17. The van der Waals surface area contributed by atoms with E-state index in [1.807, 2.05) is 12.1 Å². The lowest BCUT2D eigenvalue weighted by Crippen LogP contribution is -3.00. The van der Waals surface area contributed by atoms with Gasteiger partial charge in [0, 0.05) is 12.0 Å². The molecular formula is C12H14ClNO. The Morgan fingerprint density at radius 1 is 1.53 bits per heavy atom. The van der Waals surface area contributed by atoms with Crippen LogP contribution in [-0.4, -0.2) is 11.7 Å². The number of nitrogens with two attached hydrogens (primary N) is 1. The predicted molar refractivity (Wildman–Crippen MR) is 54.8 cm³/mol. The topological polar surface area (TPSA) is 36.8 Å². The van der Waals surface area contributed by atoms with E-state index in [-0.39, 0.29) is 12.4 Å². The minimum absolute atomic E-state index is 0. The predicted octanol–water partition coefficient (Wildman–Crippen LogP) is -2.42. The highest BCUT2D eigenvalue weighted by atomic mass is 35.5. The van der Waals surface area contributed by atoms with Crippen molar-refractivity contribution in [2.75, 3.05) is 6.54 Å². The number of quaternary nitrogens is 1. The fraction of sp³-hybridized carbons (Fsp3) is 0.333. The molecule has 0 spiro atoms. The molecule has 0 amide bonds. The first-order valence-electron chi connectivity index (χ1n) is 4.90. The SMILES string of the molecule is C#CC[NH2+][C@@H]1CCc2ccc(O)cc21.[Cl-]. The number of phenolic OH excluding ortho intramolecular Hbond substituents is 1. The minimum Gasteiger partial charge on any atom is -1.00 e. The van der Waals surface area contributed by atoms with Crippen molar-refractivity contribution in [1.29, 1.82) is 0 Å². The molecule has 1 aromatic carbocycles. The molecule has 0 bridgehead atoms. The molecule has 0 aliphatic heterocycles. The quantitative estimate of drug-likeness (QED) is 0.538. The first kappa shape index (κ1) is 11.9. The molecule has 0 heterocycles. The second-order valence-electron chi connectivity index (χ2n) is 3.67. The molecule has 1 aromatic rings. The normalized spacial score (nSPS) is 17.7. The Morgan fingerprint density at radius 3 is 3.07 bits per heavy atom. The second kappa shape index (κ2) is 5.06. The van der Waals surface area contributed by atoms with Crippen molar-refractivity contribution in [3.63, 3.8) is 0 Å². The summed E-state index contributed by atoms with van der Waals surface area (Å²) in [6, 6.07) is 6.06. The molecule has 2 nitrogen and oxygen atoms in total. The van der Waals surface area contributed by atoms with Crippen LogP contribution in [0.2, 0.25) is 0 Å². The second-order valence-corrected chi connectivity index (χ2v) is 3.67. The molecule has 15 heavy (non-hydrogen) atoms. The summed E-state index contributed by atoms with van der Waals surface area (Å²) in [6.07, 6.45) is 7.45. The van der Waals surface area contributed by atoms with Gasteiger partial charge in [-0.25, -0.2) is 0 Å². The largest absolute Gasteiger partial charge is 1.00 e. The summed E-state index contributed by atoms with van der Waals surface area (Å²) in [6.45, 7) is 0.708. The van der Waals surface area contributed by atoms with Crippen LogP contribution in [0.15, 0.2) is 18.2 Å². The van der Waals surface area contributed by atoms with Crippen LogP contribution >= 0.6 is 0 Å². The summed E-state index contributed by atoms with van der Waals surface area (Å²) in [7, 11) is 0. The van der Waals surface area contributed by atoms with E-state index in [9.17, 15) is 5.11 Å². The number of benzene rings is 1. The summed E-state index contributed by atoms with van der Waals surface area (Å²) in [5.74, 6) is 2.97. The third-order valence-electron chi connectivity index (χ3n) is 2.77. The number of hydrogen-bond donors (Lipinski definition) is 2. The van der Waals surface area contributed by atoms with Gasteiger partial charge in [0.15, 0.2) is 0 Å². The van der Waals surface area contributed by atoms with E-state index < -0.39 is 0 Å². The summed E-state index contributed by atoms with van der Waals surface area (Å²) < 4.78 is 0. The van der Waals surface area contributed by atoms with Crippen molar-refractivity contribution in [3.05, 3.63) is 29.3 Å². The number of hydrogen-bond acceptors (Lipinski definition) is 1. The molecule has 80 valence electrons. The molecule has 1 aliphatic carbocycles. The van der Waals surface area contributed by atoms with Crippen LogP contribution in [0.1, 0.15) is 23.6 Å². The Bertz CT molecular complexity index is 384. The van der Waals surface area contributed by atoms with Gasteiger partial charge in [-0.15, -0.1) is 6.42 Å². The Labute approximate surface area is 96.1 Å². The van der Waals surface area contributed by atoms with E-state index in [2.05, 4.69) is 11.2 Å². The number of rotatable bonds is 2. The summed E-state index contributed by atoms with van der Waals surface area (Å²) in [5.41, 5.74) is 2.60. The zero-order valence-electron chi connectivity index (χ0n) is 8.41. The maximum Gasteiger partial charge on any atom is 0.138 e. The highest BCUT2D eigenvalue weighted by Crippen LogP contribution is 2.30. The monoisotopic (exact) mass is 223 g/mol. The van der Waals surface area contributed by atoms with E-state index in [1.54, 1.807) is 6.07 Å². The maximum absolute atomic E-state index is 9.39. The van der Waals surface area contributed by atoms with Crippen LogP contribution < -0.4 is 17.7 Å². The number of aryl methyl sites for hydroxylation is 1. The molecule has 0 fully saturated rings. The van der Waals surface area contributed by atoms with E-state index in [4.69, 9.17) is 6.42 Å². The molecule has 3 heteroatoms. The zero-order chi connectivity index (χ0) is 9.97. The fourth-order valence-electron chi connectivity index (χ4n) is 2.08. The van der Waals surface area contributed by atoms with Gasteiger partial charge in [-0.3, -0.25) is 0 Å². The summed E-state index contributed by atoms with van der Waals surface area (Å²) in [4.78, 5) is 0. The van der Waals surface area contributed by atoms with Gasteiger partial charge in [-0.2, -0.15) is 0 Å². The van der Waals surface area contributed by atoms with Gasteiger partial charge < -0.3 is 22.8 Å². The van der Waals surface area contributed by atoms with Gasteiger partial charge in [0.2, 0.25) is 0 Å². The van der Waals surface area contributed by atoms with Gasteiger partial charge in [0.25, 0.3) is 0 Å². The van der Waals surface area contributed by atoms with E-state index in [0.29, 0.717) is 18.3 Å². The van der Waals surface area contributed by atoms with Crippen molar-refractivity contribution < 1.29 is 22.8 Å². The van der Waals surface area contributed by atoms with Crippen molar-refractivity contribution in [2.24, 2.45) is 0 Å². The molecule has 0 saturated carbocycles. The van der Waals surface area contributed by atoms with Gasteiger partial charge in [-0.05, 0) is 30.0 Å². The molecule has 0 aromatic heterocycles. The Morgan fingerprint density at radius 2 is 2.33 bits per heavy atom. The molecule has 3 N–H and O–H groups in total. The van der Waals surface area contributed by atoms with Gasteiger partial charge in [0.05, 0.1) is 0 Å². The third-order valence-corrected chi connectivity index (χ3v) is 2.77. The molecule has 0 saturated heterocycles. The van der Waals surface area contributed by atoms with E-state index in [0.717, 1.165) is 12.8 Å². The zero-order valence-corrected chi connectivity index (χ0v) is 9.17. The van der Waals surface area contributed by atoms with E-state index >= 15 is 0 Å². The van der Waals surface area contributed by atoms with Gasteiger partial charge >= 0.3 is 0 Å². The van der Waals surface area contributed by atoms with Crippen LogP contribution in [-0.2, 0) is 6.42 Å². The Kier molecular flexibility index (Phi) is 4.02. The average Bonchev–Trinajstić information content (AvgIpc) is 2.57. The standard InChI is InChI=1S/C12H13NO.ClH/c1-2-7-13-12-6-4-9-3-5-10(14)8-11(9)12;/h1,3,5,8,12-14H,4,6-7H2;1H/t12-;/m1./s1. The number of fused-ring (bicyclic) bond motifs is 1. The summed E-state index contributed by atoms with van der Waals surface area (Å²) in [5, 5.41) is 11.5. The lowest BCUT2D eigenvalue weighted by Gasteiger charge is -2.08. The van der Waals surface area contributed by atoms with Crippen LogP contribution in [0.25, 0.3) is 0 Å². The number of halogens is 1. The van der Waals surface area contributed by atoms with Crippen LogP contribution in [0.4, 0.5) is 0 Å². The lowest BCUT2D eigenvalue weighted by atomic mass is 10.1. The number of terminal acetylenes is 1. The third kappa shape index (κ3) is 2.44. The van der Waals surface area contributed by atoms with Crippen molar-refractivity contribution in [3.8, 4) is 18.1 Å². The molecule has 0 unspecified atom stereocenters. The smallest absolute Gasteiger partial charge is 0.138 e. The molecular weight excluding hydrogens is 210 g/mol. The molecule has 1 aliphatic rings. The van der Waals surface area contributed by atoms with Crippen LogP contribution in [0, 0.1) is 12.3 Å². The highest BCUT2D eigenvalue weighted by molar-refractivity contribution is 5.39. The van der Waals surface area contributed by atoms with Crippen molar-refractivity contribution >= 4 is 0 Å². The van der Waals surface area contributed by atoms with Crippen molar-refractivity contribution in [2.45, 2.75) is 18.9 Å². The lowest BCUT2D eigenvalue weighted by molar-refractivity contribution is -0.685. The average molecular weight is 224 g/mol. The Balaban J connectivity index is 0.00000112. The molecule has 2 rings (SSSR count). The fourth-order valence-corrected chi connectivity index (χ4v) is 2.08. The maximum atomic E-state index is 9.39. The first-order valence-corrected chi connectivity index (χ1v) is 4.90. The van der Waals surface area contributed by atoms with E-state index in [1.165, 1.54) is 11.1 Å². The molecule has 1 atom stereocenters. The number of aromatic hydroxyl groups is 1. The van der Waals surface area contributed by atoms with Gasteiger partial charge in [-0.1, -0.05) is 6.07 Å². The van der Waals surface area contributed by atoms with Gasteiger partial charge in [0.1, 0.15) is 18.3 Å². The minimum atomic E-state index is 0.